The highest BCUT2D eigenvalue weighted by Gasteiger charge is 2.32. The Morgan fingerprint density at radius 2 is 2.18 bits per heavy atom. The monoisotopic (exact) mass is 239 g/mol. The Hall–Kier alpha value is -1.91. The van der Waals surface area contributed by atoms with Gasteiger partial charge in [0, 0.05) is 5.41 Å². The Bertz CT molecular complexity index is 432. The molecular formula is C12H14FNO3. The summed E-state index contributed by atoms with van der Waals surface area (Å²) in [4.78, 5) is 21.7. The number of hydrogen-bond donors (Lipinski definition) is 2. The molecule has 0 aliphatic carbocycles. The quantitative estimate of drug-likeness (QED) is 0.792. The van der Waals surface area contributed by atoms with Crippen molar-refractivity contribution in [2.24, 2.45) is 5.41 Å². The molecule has 92 valence electrons. The maximum atomic E-state index is 13.1. The second kappa shape index (κ2) is 4.95. The van der Waals surface area contributed by atoms with E-state index in [0.29, 0.717) is 11.8 Å². The molecule has 1 aromatic carbocycles. The van der Waals surface area contributed by atoms with Gasteiger partial charge in [-0.05, 0) is 17.7 Å². The van der Waals surface area contributed by atoms with Gasteiger partial charge in [0.15, 0.2) is 0 Å². The summed E-state index contributed by atoms with van der Waals surface area (Å²) in [5, 5.41) is 11.0. The number of benzene rings is 1. The summed E-state index contributed by atoms with van der Waals surface area (Å²) in [5.74, 6) is -0.471. The fraction of sp³-hybridized carbons (Fsp3) is 0.333. The van der Waals surface area contributed by atoms with Crippen molar-refractivity contribution in [1.29, 1.82) is 0 Å². The van der Waals surface area contributed by atoms with E-state index in [-0.39, 0.29) is 0 Å². The minimum Gasteiger partial charge on any atom is -0.465 e. The number of carbonyl (C=O) groups excluding carboxylic acids is 1. The fourth-order valence-corrected chi connectivity index (χ4v) is 1.58. The highest BCUT2D eigenvalue weighted by molar-refractivity contribution is 5.68. The van der Waals surface area contributed by atoms with Crippen LogP contribution >= 0.6 is 0 Å². The summed E-state index contributed by atoms with van der Waals surface area (Å²) >= 11 is 0. The molecule has 4 nitrogen and oxygen atoms in total. The minimum absolute atomic E-state index is 0.421. The van der Waals surface area contributed by atoms with Crippen molar-refractivity contribution >= 4 is 12.4 Å². The second-order valence-electron chi connectivity index (χ2n) is 4.38. The third kappa shape index (κ3) is 3.27. The zero-order valence-electron chi connectivity index (χ0n) is 9.61. The first-order valence-electron chi connectivity index (χ1n) is 5.08. The maximum Gasteiger partial charge on any atom is 0.405 e. The Balaban J connectivity index is 3.14. The van der Waals surface area contributed by atoms with Crippen LogP contribution in [0.1, 0.15) is 25.5 Å². The summed E-state index contributed by atoms with van der Waals surface area (Å²) in [6, 6.07) is 4.74. The molecular weight excluding hydrogens is 225 g/mol. The molecule has 1 aromatic rings. The number of nitrogens with one attached hydrogen (secondary N) is 1. The summed E-state index contributed by atoms with van der Waals surface area (Å²) in [5.41, 5.74) is -0.531. The maximum absolute atomic E-state index is 13.1. The number of hydrogen-bond acceptors (Lipinski definition) is 2. The predicted octanol–water partition coefficient (Wildman–Crippen LogP) is 2.36. The van der Waals surface area contributed by atoms with Gasteiger partial charge >= 0.3 is 6.09 Å². The molecule has 5 heteroatoms. The standard InChI is InChI=1S/C12H14FNO3/c1-12(2,7-15)10(14-11(16)17)8-4-3-5-9(13)6-8/h3-7,10,14H,1-2H3,(H,16,17). The van der Waals surface area contributed by atoms with Crippen LogP contribution in [0.4, 0.5) is 9.18 Å². The van der Waals surface area contributed by atoms with E-state index in [9.17, 15) is 14.0 Å². The largest absolute Gasteiger partial charge is 0.465 e. The molecule has 1 atom stereocenters. The minimum atomic E-state index is -1.26. The van der Waals surface area contributed by atoms with Crippen LogP contribution in [0.3, 0.4) is 0 Å². The number of aldehydes is 1. The molecule has 1 rings (SSSR count). The number of halogens is 1. The Morgan fingerprint density at radius 1 is 1.53 bits per heavy atom. The molecule has 2 N–H and O–H groups in total. The molecule has 0 fully saturated rings. The van der Waals surface area contributed by atoms with E-state index in [1.165, 1.54) is 18.2 Å². The van der Waals surface area contributed by atoms with E-state index in [2.05, 4.69) is 5.32 Å². The topological polar surface area (TPSA) is 66.4 Å². The van der Waals surface area contributed by atoms with Crippen LogP contribution in [0.15, 0.2) is 24.3 Å². The molecule has 17 heavy (non-hydrogen) atoms. The number of rotatable bonds is 4. The van der Waals surface area contributed by atoms with Crippen molar-refractivity contribution < 1.29 is 19.1 Å². The zero-order valence-corrected chi connectivity index (χ0v) is 9.61. The molecule has 0 aromatic heterocycles. The molecule has 0 bridgehead atoms. The van der Waals surface area contributed by atoms with Crippen molar-refractivity contribution in [3.8, 4) is 0 Å². The SMILES string of the molecule is CC(C)(C=O)C(NC(=O)O)c1cccc(F)c1. The third-order valence-corrected chi connectivity index (χ3v) is 2.50. The van der Waals surface area contributed by atoms with Crippen molar-refractivity contribution in [2.45, 2.75) is 19.9 Å². The van der Waals surface area contributed by atoms with Gasteiger partial charge in [0.1, 0.15) is 12.1 Å². The zero-order chi connectivity index (χ0) is 13.1. The Kier molecular flexibility index (Phi) is 3.83. The second-order valence-corrected chi connectivity index (χ2v) is 4.38. The molecule has 0 saturated carbocycles. The van der Waals surface area contributed by atoms with E-state index < -0.39 is 23.4 Å². The third-order valence-electron chi connectivity index (χ3n) is 2.50. The van der Waals surface area contributed by atoms with Gasteiger partial charge in [-0.1, -0.05) is 26.0 Å². The van der Waals surface area contributed by atoms with Gasteiger partial charge < -0.3 is 15.2 Å². The molecule has 0 radical (unpaired) electrons. The molecule has 1 unspecified atom stereocenters. The molecule has 0 spiro atoms. The van der Waals surface area contributed by atoms with Gasteiger partial charge in [-0.2, -0.15) is 0 Å². The van der Waals surface area contributed by atoms with Crippen LogP contribution in [0.2, 0.25) is 0 Å². The average molecular weight is 239 g/mol. The van der Waals surface area contributed by atoms with Gasteiger partial charge in [-0.3, -0.25) is 0 Å². The molecule has 0 saturated heterocycles. The van der Waals surface area contributed by atoms with Crippen LogP contribution < -0.4 is 5.32 Å². The van der Waals surface area contributed by atoms with Gasteiger partial charge in [0.25, 0.3) is 0 Å². The van der Waals surface area contributed by atoms with Crippen molar-refractivity contribution in [3.05, 3.63) is 35.6 Å². The van der Waals surface area contributed by atoms with Gasteiger partial charge in [-0.15, -0.1) is 0 Å². The first-order chi connectivity index (χ1) is 7.86. The predicted molar refractivity (Wildman–Crippen MR) is 60.1 cm³/mol. The van der Waals surface area contributed by atoms with Crippen LogP contribution in [0.25, 0.3) is 0 Å². The summed E-state index contributed by atoms with van der Waals surface area (Å²) in [6.07, 6.45) is -0.604. The average Bonchev–Trinajstić information content (AvgIpc) is 2.25. The lowest BCUT2D eigenvalue weighted by Crippen LogP contribution is -2.38. The van der Waals surface area contributed by atoms with Crippen LogP contribution in [0.5, 0.6) is 0 Å². The van der Waals surface area contributed by atoms with E-state index in [1.54, 1.807) is 19.9 Å². The lowest BCUT2D eigenvalue weighted by Gasteiger charge is -2.29. The van der Waals surface area contributed by atoms with E-state index in [0.717, 1.165) is 0 Å². The van der Waals surface area contributed by atoms with Crippen LogP contribution in [-0.2, 0) is 4.79 Å². The molecule has 1 amide bonds. The van der Waals surface area contributed by atoms with Crippen molar-refractivity contribution in [2.75, 3.05) is 0 Å². The highest BCUT2D eigenvalue weighted by atomic mass is 19.1. The fourth-order valence-electron chi connectivity index (χ4n) is 1.58. The number of carbonyl (C=O) groups is 2. The first-order valence-corrected chi connectivity index (χ1v) is 5.08. The Morgan fingerprint density at radius 3 is 2.65 bits per heavy atom. The van der Waals surface area contributed by atoms with Crippen molar-refractivity contribution in [3.63, 3.8) is 0 Å². The van der Waals surface area contributed by atoms with Gasteiger partial charge in [-0.25, -0.2) is 9.18 Å². The lowest BCUT2D eigenvalue weighted by atomic mass is 9.82. The first kappa shape index (κ1) is 13.2. The summed E-state index contributed by atoms with van der Waals surface area (Å²) in [6.45, 7) is 3.18. The van der Waals surface area contributed by atoms with Crippen LogP contribution in [0, 0.1) is 11.2 Å². The number of amides is 1. The van der Waals surface area contributed by atoms with E-state index >= 15 is 0 Å². The summed E-state index contributed by atoms with van der Waals surface area (Å²) < 4.78 is 13.1. The highest BCUT2D eigenvalue weighted by Crippen LogP contribution is 2.31. The van der Waals surface area contributed by atoms with Crippen LogP contribution in [-0.4, -0.2) is 17.5 Å². The van der Waals surface area contributed by atoms with Gasteiger partial charge in [0.2, 0.25) is 0 Å². The Labute approximate surface area is 98.5 Å². The molecule has 0 aliphatic heterocycles. The van der Waals surface area contributed by atoms with Crippen molar-refractivity contribution in [1.82, 2.24) is 5.32 Å². The smallest absolute Gasteiger partial charge is 0.405 e. The summed E-state index contributed by atoms with van der Waals surface area (Å²) in [7, 11) is 0. The van der Waals surface area contributed by atoms with E-state index in [1.807, 2.05) is 0 Å². The van der Waals surface area contributed by atoms with E-state index in [4.69, 9.17) is 5.11 Å². The molecule has 0 heterocycles. The normalized spacial score (nSPS) is 12.9. The lowest BCUT2D eigenvalue weighted by molar-refractivity contribution is -0.116. The number of carboxylic acid groups (broad SMARTS) is 1. The van der Waals surface area contributed by atoms with Gasteiger partial charge in [0.05, 0.1) is 6.04 Å². The molecule has 0 aliphatic rings.